The Labute approximate surface area is 176 Å². The maximum atomic E-state index is 12.5. The Balaban J connectivity index is 1.87. The molecule has 0 aliphatic carbocycles. The van der Waals surface area contributed by atoms with E-state index in [4.69, 9.17) is 9.47 Å². The molecule has 0 aromatic heterocycles. The molecule has 1 aromatic carbocycles. The zero-order valence-corrected chi connectivity index (χ0v) is 17.8. The van der Waals surface area contributed by atoms with Gasteiger partial charge in [0.1, 0.15) is 5.75 Å². The van der Waals surface area contributed by atoms with Gasteiger partial charge in [0.05, 0.1) is 5.56 Å². The van der Waals surface area contributed by atoms with Crippen LogP contribution in [0.3, 0.4) is 0 Å². The summed E-state index contributed by atoms with van der Waals surface area (Å²) in [6, 6.07) is 5.79. The Hall–Kier alpha value is -3.10. The molecule has 0 spiro atoms. The minimum absolute atomic E-state index is 0.0610. The van der Waals surface area contributed by atoms with Gasteiger partial charge in [0.2, 0.25) is 0 Å². The Morgan fingerprint density at radius 2 is 1.70 bits per heavy atom. The monoisotopic (exact) mass is 419 g/mol. The number of carbonyl (C=O) groups is 4. The van der Waals surface area contributed by atoms with Gasteiger partial charge in [-0.25, -0.2) is 9.59 Å². The van der Waals surface area contributed by atoms with Crippen LogP contribution in [0.2, 0.25) is 0 Å². The summed E-state index contributed by atoms with van der Waals surface area (Å²) < 4.78 is 10.6. The maximum absolute atomic E-state index is 12.5. The topological polar surface area (TPSA) is 114 Å². The van der Waals surface area contributed by atoms with Crippen LogP contribution in [0, 0.1) is 0 Å². The first-order chi connectivity index (χ1) is 14.2. The van der Waals surface area contributed by atoms with Crippen molar-refractivity contribution in [3.63, 3.8) is 0 Å². The minimum atomic E-state index is -1.14. The summed E-state index contributed by atoms with van der Waals surface area (Å²) in [6.45, 7) is 5.38. The minimum Gasteiger partial charge on any atom is -0.484 e. The van der Waals surface area contributed by atoms with Crippen LogP contribution in [0.25, 0.3) is 0 Å². The van der Waals surface area contributed by atoms with Crippen LogP contribution in [-0.4, -0.2) is 60.6 Å². The average Bonchev–Trinajstić information content (AvgIpc) is 2.72. The molecule has 1 saturated heterocycles. The van der Waals surface area contributed by atoms with Crippen molar-refractivity contribution in [3.8, 4) is 5.75 Å². The zero-order chi connectivity index (χ0) is 22.3. The molecule has 30 heavy (non-hydrogen) atoms. The van der Waals surface area contributed by atoms with Crippen molar-refractivity contribution in [1.82, 2.24) is 15.5 Å². The number of piperidine rings is 1. The van der Waals surface area contributed by atoms with Crippen LogP contribution in [0.4, 0.5) is 4.79 Å². The van der Waals surface area contributed by atoms with E-state index in [0.717, 1.165) is 19.3 Å². The Morgan fingerprint density at radius 1 is 1.10 bits per heavy atom. The van der Waals surface area contributed by atoms with Crippen LogP contribution in [0.1, 0.15) is 50.4 Å². The van der Waals surface area contributed by atoms with Gasteiger partial charge in [-0.3, -0.25) is 14.9 Å². The van der Waals surface area contributed by atoms with E-state index in [-0.39, 0.29) is 30.2 Å². The van der Waals surface area contributed by atoms with E-state index >= 15 is 0 Å². The van der Waals surface area contributed by atoms with Crippen molar-refractivity contribution in [1.29, 1.82) is 0 Å². The van der Waals surface area contributed by atoms with Gasteiger partial charge < -0.3 is 19.7 Å². The smallest absolute Gasteiger partial charge is 0.338 e. The van der Waals surface area contributed by atoms with E-state index in [2.05, 4.69) is 5.32 Å². The summed E-state index contributed by atoms with van der Waals surface area (Å²) in [6.07, 6.45) is 1.96. The van der Waals surface area contributed by atoms with Gasteiger partial charge in [-0.05, 0) is 64.3 Å². The molecule has 0 bridgehead atoms. The predicted molar refractivity (Wildman–Crippen MR) is 109 cm³/mol. The van der Waals surface area contributed by atoms with Gasteiger partial charge in [0.15, 0.2) is 12.7 Å². The molecule has 3 atom stereocenters. The fourth-order valence-corrected chi connectivity index (χ4v) is 3.38. The van der Waals surface area contributed by atoms with Crippen LogP contribution in [-0.2, 0) is 14.3 Å². The van der Waals surface area contributed by atoms with Crippen LogP contribution in [0.5, 0.6) is 5.75 Å². The van der Waals surface area contributed by atoms with Gasteiger partial charge in [0, 0.05) is 19.1 Å². The standard InChI is InChI=1S/C21H29N3O6/c1-13-6-5-7-14(2)24(13)18(25)12-29-17-10-8-16(9-11-17)20(27)30-15(3)19(26)23-21(28)22-4/h8-11,13-15H,5-7,12H2,1-4H3,(H2,22,23,26,28). The number of hydrogen-bond acceptors (Lipinski definition) is 6. The van der Waals surface area contributed by atoms with Crippen molar-refractivity contribution < 1.29 is 28.7 Å². The first-order valence-corrected chi connectivity index (χ1v) is 10.0. The molecule has 1 aromatic rings. The number of nitrogens with one attached hydrogen (secondary N) is 2. The number of hydrogen-bond donors (Lipinski definition) is 2. The summed E-state index contributed by atoms with van der Waals surface area (Å²) in [5, 5.41) is 4.27. The van der Waals surface area contributed by atoms with Crippen molar-refractivity contribution in [2.75, 3.05) is 13.7 Å². The molecule has 9 nitrogen and oxygen atoms in total. The number of nitrogens with zero attached hydrogens (tertiary/aromatic N) is 1. The normalized spacial score (nSPS) is 19.4. The van der Waals surface area contributed by atoms with Gasteiger partial charge in [-0.2, -0.15) is 0 Å². The lowest BCUT2D eigenvalue weighted by molar-refractivity contribution is -0.139. The molecule has 4 amide bonds. The highest BCUT2D eigenvalue weighted by molar-refractivity contribution is 5.98. The summed E-state index contributed by atoms with van der Waals surface area (Å²) in [4.78, 5) is 49.4. The first kappa shape index (κ1) is 23.2. The van der Waals surface area contributed by atoms with Crippen LogP contribution >= 0.6 is 0 Å². The SMILES string of the molecule is CNC(=O)NC(=O)C(C)OC(=O)c1ccc(OCC(=O)N2C(C)CCCC2C)cc1. The largest absolute Gasteiger partial charge is 0.484 e. The summed E-state index contributed by atoms with van der Waals surface area (Å²) in [5.74, 6) is -1.06. The lowest BCUT2D eigenvalue weighted by Gasteiger charge is -2.38. The second kappa shape index (κ2) is 10.6. The van der Waals surface area contributed by atoms with Crippen molar-refractivity contribution in [2.45, 2.75) is 58.2 Å². The summed E-state index contributed by atoms with van der Waals surface area (Å²) >= 11 is 0. The molecule has 1 heterocycles. The molecule has 0 saturated carbocycles. The molecule has 2 N–H and O–H groups in total. The quantitative estimate of drug-likeness (QED) is 0.681. The van der Waals surface area contributed by atoms with E-state index in [1.54, 1.807) is 12.1 Å². The third-order valence-corrected chi connectivity index (χ3v) is 5.05. The van der Waals surface area contributed by atoms with Crippen molar-refractivity contribution in [2.24, 2.45) is 0 Å². The number of rotatable bonds is 6. The second-order valence-electron chi connectivity index (χ2n) is 7.36. The average molecular weight is 419 g/mol. The fraction of sp³-hybridized carbons (Fsp3) is 0.524. The number of ether oxygens (including phenoxy) is 2. The highest BCUT2D eigenvalue weighted by Crippen LogP contribution is 2.23. The van der Waals surface area contributed by atoms with Crippen molar-refractivity contribution in [3.05, 3.63) is 29.8 Å². The zero-order valence-electron chi connectivity index (χ0n) is 17.8. The number of benzene rings is 1. The maximum Gasteiger partial charge on any atom is 0.338 e. The molecule has 2 rings (SSSR count). The molecule has 1 fully saturated rings. The van der Waals surface area contributed by atoms with E-state index in [0.29, 0.717) is 5.75 Å². The Morgan fingerprint density at radius 3 is 2.27 bits per heavy atom. The Bertz CT molecular complexity index is 769. The van der Waals surface area contributed by atoms with E-state index in [1.165, 1.54) is 26.1 Å². The first-order valence-electron chi connectivity index (χ1n) is 10.0. The molecule has 9 heteroatoms. The number of amides is 4. The predicted octanol–water partition coefficient (Wildman–Crippen LogP) is 1.86. The highest BCUT2D eigenvalue weighted by Gasteiger charge is 2.29. The van der Waals surface area contributed by atoms with Gasteiger partial charge in [-0.15, -0.1) is 0 Å². The number of carbonyl (C=O) groups excluding carboxylic acids is 4. The number of esters is 1. The highest BCUT2D eigenvalue weighted by atomic mass is 16.5. The second-order valence-corrected chi connectivity index (χ2v) is 7.36. The van der Waals surface area contributed by atoms with Gasteiger partial charge in [-0.1, -0.05) is 0 Å². The van der Waals surface area contributed by atoms with Crippen LogP contribution in [0.15, 0.2) is 24.3 Å². The van der Waals surface area contributed by atoms with Crippen LogP contribution < -0.4 is 15.4 Å². The van der Waals surface area contributed by atoms with Gasteiger partial charge in [0.25, 0.3) is 11.8 Å². The molecule has 1 aliphatic rings. The summed E-state index contributed by atoms with van der Waals surface area (Å²) in [5.41, 5.74) is 0.214. The van der Waals surface area contributed by atoms with Crippen molar-refractivity contribution >= 4 is 23.8 Å². The third kappa shape index (κ3) is 6.20. The Kier molecular flexibility index (Phi) is 8.20. The third-order valence-electron chi connectivity index (χ3n) is 5.05. The van der Waals surface area contributed by atoms with E-state index in [9.17, 15) is 19.2 Å². The number of imide groups is 1. The summed E-state index contributed by atoms with van der Waals surface area (Å²) in [7, 11) is 1.37. The lowest BCUT2D eigenvalue weighted by Crippen LogP contribution is -2.49. The molecular formula is C21H29N3O6. The van der Waals surface area contributed by atoms with E-state index in [1.807, 2.05) is 24.1 Å². The van der Waals surface area contributed by atoms with E-state index < -0.39 is 24.0 Å². The lowest BCUT2D eigenvalue weighted by atomic mass is 9.97. The van der Waals surface area contributed by atoms with Gasteiger partial charge >= 0.3 is 12.0 Å². The number of likely N-dealkylation sites (tertiary alicyclic amines) is 1. The molecule has 3 unspecified atom stereocenters. The fourth-order valence-electron chi connectivity index (χ4n) is 3.38. The number of urea groups is 1. The molecule has 164 valence electrons. The molecule has 0 radical (unpaired) electrons. The molecular weight excluding hydrogens is 390 g/mol. The molecule has 1 aliphatic heterocycles.